The van der Waals surface area contributed by atoms with Crippen molar-refractivity contribution in [3.63, 3.8) is 0 Å². The summed E-state index contributed by atoms with van der Waals surface area (Å²) in [5, 5.41) is 9.58. The van der Waals surface area contributed by atoms with Crippen molar-refractivity contribution in [3.8, 4) is 0 Å². The van der Waals surface area contributed by atoms with Gasteiger partial charge >= 0.3 is 0 Å². The highest BCUT2D eigenvalue weighted by atomic mass is 127. The van der Waals surface area contributed by atoms with Crippen LogP contribution < -0.4 is 16.0 Å². The van der Waals surface area contributed by atoms with Crippen LogP contribution in [-0.2, 0) is 4.79 Å². The molecule has 1 saturated carbocycles. The summed E-state index contributed by atoms with van der Waals surface area (Å²) in [4.78, 5) is 16.0. The van der Waals surface area contributed by atoms with Crippen LogP contribution in [0.25, 0.3) is 0 Å². The predicted molar refractivity (Wildman–Crippen MR) is 104 cm³/mol. The first kappa shape index (κ1) is 21.5. The van der Waals surface area contributed by atoms with Crippen molar-refractivity contribution < 1.29 is 4.79 Å². The number of nitrogens with one attached hydrogen (secondary N) is 3. The van der Waals surface area contributed by atoms with Gasteiger partial charge in [0.15, 0.2) is 5.96 Å². The van der Waals surface area contributed by atoms with Crippen LogP contribution in [0.1, 0.15) is 53.4 Å². The SMILES string of the molecule is CCC1(CNC(=NC)NCCNC(=O)C(C)(C)C)CCC1.I. The smallest absolute Gasteiger partial charge is 0.225 e. The summed E-state index contributed by atoms with van der Waals surface area (Å²) in [5.41, 5.74) is 0.135. The van der Waals surface area contributed by atoms with Crippen molar-refractivity contribution in [2.45, 2.75) is 53.4 Å². The highest BCUT2D eigenvalue weighted by Gasteiger charge is 2.34. The van der Waals surface area contributed by atoms with Crippen molar-refractivity contribution in [1.29, 1.82) is 0 Å². The number of rotatable bonds is 6. The molecule has 0 aromatic carbocycles. The molecule has 22 heavy (non-hydrogen) atoms. The largest absolute Gasteiger partial charge is 0.356 e. The number of amides is 1. The first-order valence-electron chi connectivity index (χ1n) is 8.06. The summed E-state index contributed by atoms with van der Waals surface area (Å²) < 4.78 is 0. The molecular formula is C16H33IN4O. The molecule has 0 unspecified atom stereocenters. The lowest BCUT2D eigenvalue weighted by molar-refractivity contribution is -0.128. The van der Waals surface area contributed by atoms with Gasteiger partial charge in [-0.2, -0.15) is 0 Å². The van der Waals surface area contributed by atoms with E-state index in [2.05, 4.69) is 27.9 Å². The maximum atomic E-state index is 11.7. The molecule has 0 bridgehead atoms. The Hall–Kier alpha value is -0.530. The number of aliphatic imine (C=N–C) groups is 1. The Morgan fingerprint density at radius 1 is 1.14 bits per heavy atom. The Morgan fingerprint density at radius 3 is 2.14 bits per heavy atom. The van der Waals surface area contributed by atoms with Gasteiger partial charge in [-0.3, -0.25) is 9.79 Å². The lowest BCUT2D eigenvalue weighted by Gasteiger charge is -2.41. The van der Waals surface area contributed by atoms with Gasteiger partial charge in [0.2, 0.25) is 5.91 Å². The fraction of sp³-hybridized carbons (Fsp3) is 0.875. The molecule has 0 aromatic rings. The molecule has 0 radical (unpaired) electrons. The number of hydrogen-bond acceptors (Lipinski definition) is 2. The first-order valence-corrected chi connectivity index (χ1v) is 8.06. The second-order valence-electron chi connectivity index (χ2n) is 7.07. The monoisotopic (exact) mass is 424 g/mol. The molecule has 0 spiro atoms. The number of carbonyl (C=O) groups is 1. The Kier molecular flexibility index (Phi) is 9.34. The van der Waals surface area contributed by atoms with Gasteiger partial charge in [0.05, 0.1) is 0 Å². The van der Waals surface area contributed by atoms with Gasteiger partial charge in [0.25, 0.3) is 0 Å². The minimum atomic E-state index is -0.336. The molecule has 3 N–H and O–H groups in total. The number of nitrogens with zero attached hydrogens (tertiary/aromatic N) is 1. The van der Waals surface area contributed by atoms with Crippen LogP contribution in [0.15, 0.2) is 4.99 Å². The molecule has 1 fully saturated rings. The standard InChI is InChI=1S/C16H32N4O.HI/c1-6-16(8-7-9-16)12-20-14(17-5)19-11-10-18-13(21)15(2,3)4;/h6-12H2,1-5H3,(H,18,21)(H2,17,19,20);1H. The Bertz CT molecular complexity index is 367. The minimum Gasteiger partial charge on any atom is -0.356 e. The van der Waals surface area contributed by atoms with Crippen LogP contribution in [0.5, 0.6) is 0 Å². The molecule has 0 aromatic heterocycles. The maximum absolute atomic E-state index is 11.7. The zero-order valence-corrected chi connectivity index (χ0v) is 17.0. The number of guanidine groups is 1. The highest BCUT2D eigenvalue weighted by molar-refractivity contribution is 14.0. The molecule has 1 aliphatic carbocycles. The normalized spacial score (nSPS) is 17.0. The zero-order chi connectivity index (χ0) is 15.9. The van der Waals surface area contributed by atoms with Gasteiger partial charge in [-0.25, -0.2) is 0 Å². The van der Waals surface area contributed by atoms with Gasteiger partial charge in [0.1, 0.15) is 0 Å². The topological polar surface area (TPSA) is 65.5 Å². The quantitative estimate of drug-likeness (QED) is 0.266. The lowest BCUT2D eigenvalue weighted by Crippen LogP contribution is -2.48. The zero-order valence-electron chi connectivity index (χ0n) is 14.7. The molecule has 1 aliphatic rings. The Labute approximate surface area is 152 Å². The van der Waals surface area contributed by atoms with Gasteiger partial charge in [-0.05, 0) is 24.7 Å². The van der Waals surface area contributed by atoms with E-state index >= 15 is 0 Å². The van der Waals surface area contributed by atoms with Crippen LogP contribution in [0.4, 0.5) is 0 Å². The summed E-state index contributed by atoms with van der Waals surface area (Å²) in [6, 6.07) is 0. The third-order valence-electron chi connectivity index (χ3n) is 4.40. The van der Waals surface area contributed by atoms with E-state index in [1.54, 1.807) is 7.05 Å². The second-order valence-corrected chi connectivity index (χ2v) is 7.07. The molecule has 1 amide bonds. The van der Waals surface area contributed by atoms with Gasteiger partial charge in [-0.15, -0.1) is 24.0 Å². The molecular weight excluding hydrogens is 391 g/mol. The fourth-order valence-electron chi connectivity index (χ4n) is 2.45. The molecule has 5 nitrogen and oxygen atoms in total. The van der Waals surface area contributed by atoms with E-state index in [1.165, 1.54) is 25.7 Å². The maximum Gasteiger partial charge on any atom is 0.225 e. The molecule has 0 saturated heterocycles. The van der Waals surface area contributed by atoms with E-state index in [-0.39, 0.29) is 35.3 Å². The number of hydrogen-bond donors (Lipinski definition) is 3. The molecule has 6 heteroatoms. The van der Waals surface area contributed by atoms with Gasteiger partial charge in [0, 0.05) is 32.1 Å². The van der Waals surface area contributed by atoms with Crippen LogP contribution in [0.2, 0.25) is 0 Å². The molecule has 1 rings (SSSR count). The first-order chi connectivity index (χ1) is 9.83. The van der Waals surface area contributed by atoms with Crippen molar-refractivity contribution in [2.24, 2.45) is 15.8 Å². The fourth-order valence-corrected chi connectivity index (χ4v) is 2.45. The van der Waals surface area contributed by atoms with E-state index in [4.69, 9.17) is 0 Å². The minimum absolute atomic E-state index is 0. The van der Waals surface area contributed by atoms with E-state index in [0.29, 0.717) is 18.5 Å². The summed E-state index contributed by atoms with van der Waals surface area (Å²) in [5.74, 6) is 0.895. The van der Waals surface area contributed by atoms with Crippen molar-refractivity contribution in [3.05, 3.63) is 0 Å². The average Bonchev–Trinajstić information content (AvgIpc) is 2.38. The summed E-state index contributed by atoms with van der Waals surface area (Å²) in [7, 11) is 1.78. The number of carbonyl (C=O) groups excluding carboxylic acids is 1. The van der Waals surface area contributed by atoms with Crippen LogP contribution >= 0.6 is 24.0 Å². The van der Waals surface area contributed by atoms with Gasteiger partial charge < -0.3 is 16.0 Å². The Morgan fingerprint density at radius 2 is 1.73 bits per heavy atom. The average molecular weight is 424 g/mol. The molecule has 130 valence electrons. The van der Waals surface area contributed by atoms with Crippen molar-refractivity contribution >= 4 is 35.8 Å². The number of halogens is 1. The summed E-state index contributed by atoms with van der Waals surface area (Å²) in [6.07, 6.45) is 5.20. The second kappa shape index (κ2) is 9.57. The van der Waals surface area contributed by atoms with Gasteiger partial charge in [-0.1, -0.05) is 34.1 Å². The highest BCUT2D eigenvalue weighted by Crippen LogP contribution is 2.42. The summed E-state index contributed by atoms with van der Waals surface area (Å²) >= 11 is 0. The molecule has 0 aliphatic heterocycles. The van der Waals surface area contributed by atoms with E-state index < -0.39 is 0 Å². The van der Waals surface area contributed by atoms with E-state index in [0.717, 1.165) is 12.5 Å². The third kappa shape index (κ3) is 6.71. The van der Waals surface area contributed by atoms with Crippen LogP contribution in [-0.4, -0.2) is 38.5 Å². The van der Waals surface area contributed by atoms with E-state index in [1.807, 2.05) is 20.8 Å². The lowest BCUT2D eigenvalue weighted by atomic mass is 9.67. The van der Waals surface area contributed by atoms with Crippen molar-refractivity contribution in [2.75, 3.05) is 26.7 Å². The van der Waals surface area contributed by atoms with E-state index in [9.17, 15) is 4.79 Å². The van der Waals surface area contributed by atoms with Crippen molar-refractivity contribution in [1.82, 2.24) is 16.0 Å². The van der Waals surface area contributed by atoms with Crippen LogP contribution in [0.3, 0.4) is 0 Å². The summed E-state index contributed by atoms with van der Waals surface area (Å²) in [6.45, 7) is 10.3. The predicted octanol–water partition coefficient (Wildman–Crippen LogP) is 2.51. The molecule has 0 atom stereocenters. The van der Waals surface area contributed by atoms with Crippen LogP contribution in [0, 0.1) is 10.8 Å². The Balaban J connectivity index is 0.00000441. The third-order valence-corrected chi connectivity index (χ3v) is 4.40. The molecule has 0 heterocycles.